The largest absolute Gasteiger partial charge is 0.480 e. The van der Waals surface area contributed by atoms with E-state index < -0.39 is 17.4 Å². The molecule has 0 rings (SSSR count). The van der Waals surface area contributed by atoms with E-state index in [-0.39, 0.29) is 0 Å². The van der Waals surface area contributed by atoms with Crippen LogP contribution in [0.3, 0.4) is 0 Å². The average Bonchev–Trinajstić information content (AvgIpc) is 1.86. The molecule has 0 aliphatic heterocycles. The van der Waals surface area contributed by atoms with Crippen molar-refractivity contribution in [2.75, 3.05) is 12.0 Å². The number of carbonyl (C=O) groups is 1. The first-order valence-corrected chi connectivity index (χ1v) is 4.89. The molecule has 0 heterocycles. The molecule has 1 N–H and O–H groups in total. The fourth-order valence-corrected chi connectivity index (χ4v) is 1.87. The average molecular weight is 191 g/mol. The Morgan fingerprint density at radius 3 is 2.42 bits per heavy atom. The van der Waals surface area contributed by atoms with Crippen molar-refractivity contribution in [3.63, 3.8) is 0 Å². The van der Waals surface area contributed by atoms with E-state index in [0.29, 0.717) is 5.75 Å². The number of hydrogen-bond donors (Lipinski definition) is 1. The number of carboxylic acids is 1. The van der Waals surface area contributed by atoms with Crippen LogP contribution in [0.2, 0.25) is 0 Å². The van der Waals surface area contributed by atoms with E-state index in [4.69, 9.17) is 5.11 Å². The van der Waals surface area contributed by atoms with Gasteiger partial charge in [-0.2, -0.15) is 11.8 Å². The molecule has 70 valence electrons. The van der Waals surface area contributed by atoms with Gasteiger partial charge in [0, 0.05) is 11.2 Å². The first kappa shape index (κ1) is 11.4. The summed E-state index contributed by atoms with van der Waals surface area (Å²) in [6, 6.07) is -1.15. The number of rotatable bonds is 5. The predicted octanol–water partition coefficient (Wildman–Crippen LogP) is 1.60. The molecule has 1 unspecified atom stereocenters. The molecule has 1 atom stereocenters. The van der Waals surface area contributed by atoms with Crippen molar-refractivity contribution in [1.29, 1.82) is 0 Å². The normalized spacial score (nSPS) is 13.9. The van der Waals surface area contributed by atoms with Crippen molar-refractivity contribution in [1.82, 2.24) is 0 Å². The molecular formula is C7H13NO3S. The third-order valence-corrected chi connectivity index (χ3v) is 2.63. The van der Waals surface area contributed by atoms with Crippen molar-refractivity contribution in [2.45, 2.75) is 19.9 Å². The number of thioether (sulfide) groups is 1. The summed E-state index contributed by atoms with van der Waals surface area (Å²) in [4.78, 5) is 20.8. The van der Waals surface area contributed by atoms with Gasteiger partial charge in [-0.1, -0.05) is 19.0 Å². The minimum absolute atomic E-state index is 0.576. The lowest BCUT2D eigenvalue weighted by Crippen LogP contribution is -2.36. The van der Waals surface area contributed by atoms with E-state index in [1.54, 1.807) is 13.8 Å². The van der Waals surface area contributed by atoms with Crippen LogP contribution in [-0.4, -0.2) is 29.1 Å². The van der Waals surface area contributed by atoms with E-state index in [0.717, 1.165) is 0 Å². The standard InChI is InChI=1S/C7H13NO3S/c1-7(2,4-12-3)5(8-11)6(9)10/h5H,4H2,1-3H3,(H,9,10). The third-order valence-electron chi connectivity index (χ3n) is 1.60. The molecule has 0 spiro atoms. The van der Waals surface area contributed by atoms with Crippen LogP contribution in [0, 0.1) is 10.3 Å². The lowest BCUT2D eigenvalue weighted by molar-refractivity contribution is -0.140. The molecule has 0 aliphatic carbocycles. The highest BCUT2D eigenvalue weighted by Gasteiger charge is 2.36. The number of carboxylic acid groups (broad SMARTS) is 1. The number of nitroso groups, excluding NO2 is 1. The van der Waals surface area contributed by atoms with Crippen LogP contribution in [0.5, 0.6) is 0 Å². The van der Waals surface area contributed by atoms with Gasteiger partial charge in [0.15, 0.2) is 6.04 Å². The maximum Gasteiger partial charge on any atom is 0.332 e. The van der Waals surface area contributed by atoms with Gasteiger partial charge >= 0.3 is 5.97 Å². The summed E-state index contributed by atoms with van der Waals surface area (Å²) in [6.45, 7) is 3.45. The lowest BCUT2D eigenvalue weighted by Gasteiger charge is -2.25. The number of hydrogen-bond acceptors (Lipinski definition) is 4. The second-order valence-electron chi connectivity index (χ2n) is 3.27. The maximum atomic E-state index is 10.5. The van der Waals surface area contributed by atoms with Crippen LogP contribution in [0.15, 0.2) is 5.18 Å². The Morgan fingerprint density at radius 1 is 1.67 bits per heavy atom. The van der Waals surface area contributed by atoms with Gasteiger partial charge in [0.05, 0.1) is 0 Å². The van der Waals surface area contributed by atoms with Crippen molar-refractivity contribution < 1.29 is 9.90 Å². The van der Waals surface area contributed by atoms with E-state index in [2.05, 4.69) is 5.18 Å². The van der Waals surface area contributed by atoms with Crippen LogP contribution in [0.25, 0.3) is 0 Å². The predicted molar refractivity (Wildman–Crippen MR) is 49.4 cm³/mol. The smallest absolute Gasteiger partial charge is 0.332 e. The quantitative estimate of drug-likeness (QED) is 0.670. The minimum Gasteiger partial charge on any atom is -0.480 e. The summed E-state index contributed by atoms with van der Waals surface area (Å²) in [5, 5.41) is 11.2. The zero-order valence-electron chi connectivity index (χ0n) is 7.40. The van der Waals surface area contributed by atoms with Gasteiger partial charge in [-0.3, -0.25) is 0 Å². The summed E-state index contributed by atoms with van der Waals surface area (Å²) < 4.78 is 0. The van der Waals surface area contributed by atoms with Crippen molar-refractivity contribution in [3.05, 3.63) is 4.91 Å². The number of aliphatic carboxylic acids is 1. The molecule has 0 amide bonds. The maximum absolute atomic E-state index is 10.5. The first-order valence-electron chi connectivity index (χ1n) is 3.50. The van der Waals surface area contributed by atoms with Gasteiger partial charge in [-0.25, -0.2) is 4.79 Å². The molecule has 0 aromatic rings. The number of nitrogens with zero attached hydrogens (tertiary/aromatic N) is 1. The van der Waals surface area contributed by atoms with Crippen molar-refractivity contribution in [2.24, 2.45) is 10.6 Å². The summed E-state index contributed by atoms with van der Waals surface area (Å²) in [6.07, 6.45) is 1.87. The molecule has 0 saturated carbocycles. The van der Waals surface area contributed by atoms with Gasteiger partial charge in [0.2, 0.25) is 0 Å². The molecule has 0 fully saturated rings. The molecule has 4 nitrogen and oxygen atoms in total. The van der Waals surface area contributed by atoms with Crippen molar-refractivity contribution in [3.8, 4) is 0 Å². The summed E-state index contributed by atoms with van der Waals surface area (Å²) in [7, 11) is 0. The summed E-state index contributed by atoms with van der Waals surface area (Å²) in [5.41, 5.74) is -0.576. The zero-order valence-corrected chi connectivity index (χ0v) is 8.22. The van der Waals surface area contributed by atoms with Gasteiger partial charge in [0.25, 0.3) is 0 Å². The van der Waals surface area contributed by atoms with Crippen LogP contribution < -0.4 is 0 Å². The Kier molecular flexibility index (Phi) is 4.23. The first-order chi connectivity index (χ1) is 5.45. The van der Waals surface area contributed by atoms with E-state index in [1.807, 2.05) is 6.26 Å². The second-order valence-corrected chi connectivity index (χ2v) is 4.13. The molecule has 0 aromatic heterocycles. The van der Waals surface area contributed by atoms with Gasteiger partial charge in [0.1, 0.15) is 0 Å². The minimum atomic E-state index is -1.15. The van der Waals surface area contributed by atoms with E-state index in [1.165, 1.54) is 11.8 Å². The van der Waals surface area contributed by atoms with Gasteiger partial charge in [-0.15, -0.1) is 4.91 Å². The molecule has 5 heteroatoms. The lowest BCUT2D eigenvalue weighted by atomic mass is 9.87. The fraction of sp³-hybridized carbons (Fsp3) is 0.857. The zero-order chi connectivity index (χ0) is 9.78. The molecule has 0 saturated heterocycles. The SMILES string of the molecule is CSCC(C)(C)C(N=O)C(=O)O. The summed E-state index contributed by atoms with van der Waals surface area (Å²) >= 11 is 1.51. The molecule has 0 radical (unpaired) electrons. The van der Waals surface area contributed by atoms with Gasteiger partial charge < -0.3 is 5.11 Å². The molecule has 0 bridgehead atoms. The highest BCUT2D eigenvalue weighted by molar-refractivity contribution is 7.98. The molecule has 0 aliphatic rings. The Bertz CT molecular complexity index is 181. The Morgan fingerprint density at radius 2 is 2.17 bits per heavy atom. The summed E-state index contributed by atoms with van der Waals surface area (Å²) in [5.74, 6) is -0.542. The van der Waals surface area contributed by atoms with Crippen LogP contribution in [0.4, 0.5) is 0 Å². The Hall–Kier alpha value is -0.580. The highest BCUT2D eigenvalue weighted by Crippen LogP contribution is 2.27. The third kappa shape index (κ3) is 2.81. The molecule has 0 aromatic carbocycles. The van der Waals surface area contributed by atoms with Crippen LogP contribution in [-0.2, 0) is 4.79 Å². The van der Waals surface area contributed by atoms with Crippen LogP contribution in [0.1, 0.15) is 13.8 Å². The fourth-order valence-electron chi connectivity index (χ4n) is 0.973. The van der Waals surface area contributed by atoms with Gasteiger partial charge in [-0.05, 0) is 6.26 Å². The van der Waals surface area contributed by atoms with Crippen molar-refractivity contribution >= 4 is 17.7 Å². The monoisotopic (exact) mass is 191 g/mol. The molecular weight excluding hydrogens is 178 g/mol. The Balaban J connectivity index is 4.46. The Labute approximate surface area is 75.7 Å². The van der Waals surface area contributed by atoms with Crippen LogP contribution >= 0.6 is 11.8 Å². The topological polar surface area (TPSA) is 66.7 Å². The second kappa shape index (κ2) is 4.45. The molecule has 12 heavy (non-hydrogen) atoms. The highest BCUT2D eigenvalue weighted by atomic mass is 32.2. The van der Waals surface area contributed by atoms with E-state index >= 15 is 0 Å². The van der Waals surface area contributed by atoms with E-state index in [9.17, 15) is 9.70 Å².